The number of carbonyl (C=O) groups excluding carboxylic acids is 1. The van der Waals surface area contributed by atoms with Crippen LogP contribution in [0.3, 0.4) is 0 Å². The quantitative estimate of drug-likeness (QED) is 0.833. The maximum atomic E-state index is 13.5. The maximum Gasteiger partial charge on any atom is 0.257 e. The largest absolute Gasteiger partial charge is 0.397 e. The van der Waals surface area contributed by atoms with Gasteiger partial charge in [0.15, 0.2) is 0 Å². The Morgan fingerprint density at radius 2 is 2.05 bits per heavy atom. The number of nitrogens with one attached hydrogen (secondary N) is 1. The second-order valence-electron chi connectivity index (χ2n) is 3.66. The summed E-state index contributed by atoms with van der Waals surface area (Å²) in [4.78, 5) is 15.6. The molecule has 0 aliphatic heterocycles. The van der Waals surface area contributed by atoms with Gasteiger partial charge in [0.05, 0.1) is 27.6 Å². The van der Waals surface area contributed by atoms with Gasteiger partial charge < -0.3 is 11.1 Å². The van der Waals surface area contributed by atoms with Crippen LogP contribution in [0.5, 0.6) is 0 Å². The fourth-order valence-corrected chi connectivity index (χ4v) is 1.76. The van der Waals surface area contributed by atoms with Crippen molar-refractivity contribution in [1.82, 2.24) is 4.98 Å². The third kappa shape index (κ3) is 2.87. The van der Waals surface area contributed by atoms with Crippen LogP contribution in [0.4, 0.5) is 20.2 Å². The van der Waals surface area contributed by atoms with Gasteiger partial charge >= 0.3 is 0 Å². The van der Waals surface area contributed by atoms with Crippen molar-refractivity contribution in [3.8, 4) is 0 Å². The van der Waals surface area contributed by atoms with Crippen molar-refractivity contribution in [2.75, 3.05) is 11.1 Å². The van der Waals surface area contributed by atoms with Crippen molar-refractivity contribution in [1.29, 1.82) is 0 Å². The van der Waals surface area contributed by atoms with Crippen LogP contribution in [0, 0.1) is 11.6 Å². The number of rotatable bonds is 2. The minimum Gasteiger partial charge on any atom is -0.397 e. The first-order valence-electron chi connectivity index (χ1n) is 5.14. The van der Waals surface area contributed by atoms with Gasteiger partial charge in [-0.05, 0) is 28.1 Å². The molecule has 1 aromatic heterocycles. The second kappa shape index (κ2) is 5.31. The molecule has 4 nitrogen and oxygen atoms in total. The topological polar surface area (TPSA) is 68.0 Å². The standard InChI is InChI=1S/C12H8BrF2N3O/c13-7-3-11(9(15)4-8(7)14)18-12(19)6-1-2-17-5-10(6)16/h1-5H,16H2,(H,18,19). The Kier molecular flexibility index (Phi) is 3.75. The van der Waals surface area contributed by atoms with Crippen LogP contribution < -0.4 is 11.1 Å². The first-order chi connectivity index (χ1) is 8.99. The molecular formula is C12H8BrF2N3O. The summed E-state index contributed by atoms with van der Waals surface area (Å²) in [5.41, 5.74) is 5.77. The molecule has 2 aromatic rings. The first-order valence-corrected chi connectivity index (χ1v) is 5.93. The molecule has 1 heterocycles. The fourth-order valence-electron chi connectivity index (χ4n) is 1.42. The predicted molar refractivity (Wildman–Crippen MR) is 70.7 cm³/mol. The molecule has 2 rings (SSSR count). The van der Waals surface area contributed by atoms with E-state index < -0.39 is 17.5 Å². The lowest BCUT2D eigenvalue weighted by atomic mass is 10.2. The van der Waals surface area contributed by atoms with E-state index in [1.54, 1.807) is 0 Å². The lowest BCUT2D eigenvalue weighted by molar-refractivity contribution is 0.102. The van der Waals surface area contributed by atoms with Gasteiger partial charge in [-0.3, -0.25) is 9.78 Å². The predicted octanol–water partition coefficient (Wildman–Crippen LogP) is 2.96. The highest BCUT2D eigenvalue weighted by molar-refractivity contribution is 9.10. The van der Waals surface area contributed by atoms with Gasteiger partial charge in [0.1, 0.15) is 11.6 Å². The average Bonchev–Trinajstić information content (AvgIpc) is 2.36. The normalized spacial score (nSPS) is 10.3. The van der Waals surface area contributed by atoms with Gasteiger partial charge in [0.2, 0.25) is 0 Å². The number of nitrogens with two attached hydrogens (primary N) is 1. The molecule has 0 atom stereocenters. The van der Waals surface area contributed by atoms with Crippen molar-refractivity contribution in [3.05, 3.63) is 52.3 Å². The number of carbonyl (C=O) groups is 1. The van der Waals surface area contributed by atoms with E-state index >= 15 is 0 Å². The Labute approximate surface area is 115 Å². The minimum atomic E-state index is -0.873. The zero-order chi connectivity index (χ0) is 14.0. The molecule has 0 aliphatic rings. The van der Waals surface area contributed by atoms with Crippen LogP contribution >= 0.6 is 15.9 Å². The Hall–Kier alpha value is -2.02. The Bertz CT molecular complexity index is 649. The van der Waals surface area contributed by atoms with E-state index in [1.165, 1.54) is 18.5 Å². The summed E-state index contributed by atoms with van der Waals surface area (Å²) in [5, 5.41) is 2.32. The molecule has 98 valence electrons. The summed E-state index contributed by atoms with van der Waals surface area (Å²) in [6.07, 6.45) is 2.70. The van der Waals surface area contributed by atoms with Gasteiger partial charge in [-0.25, -0.2) is 8.78 Å². The van der Waals surface area contributed by atoms with Crippen molar-refractivity contribution < 1.29 is 13.6 Å². The monoisotopic (exact) mass is 327 g/mol. The number of nitrogens with zero attached hydrogens (tertiary/aromatic N) is 1. The lowest BCUT2D eigenvalue weighted by Gasteiger charge is -2.08. The second-order valence-corrected chi connectivity index (χ2v) is 4.52. The summed E-state index contributed by atoms with van der Waals surface area (Å²) in [6, 6.07) is 3.22. The Morgan fingerprint density at radius 3 is 2.74 bits per heavy atom. The fraction of sp³-hybridized carbons (Fsp3) is 0. The molecule has 0 bridgehead atoms. The molecule has 7 heteroatoms. The maximum absolute atomic E-state index is 13.5. The molecule has 0 saturated carbocycles. The SMILES string of the molecule is Nc1cnccc1C(=O)Nc1cc(Br)c(F)cc1F. The number of hydrogen-bond acceptors (Lipinski definition) is 3. The highest BCUT2D eigenvalue weighted by Gasteiger charge is 2.14. The molecule has 0 saturated heterocycles. The van der Waals surface area contributed by atoms with E-state index in [-0.39, 0.29) is 21.4 Å². The van der Waals surface area contributed by atoms with Gasteiger partial charge in [-0.15, -0.1) is 0 Å². The van der Waals surface area contributed by atoms with Gasteiger partial charge in [0, 0.05) is 12.3 Å². The highest BCUT2D eigenvalue weighted by Crippen LogP contribution is 2.24. The van der Waals surface area contributed by atoms with E-state index in [2.05, 4.69) is 26.2 Å². The molecular weight excluding hydrogens is 320 g/mol. The van der Waals surface area contributed by atoms with Crippen LogP contribution in [-0.2, 0) is 0 Å². The van der Waals surface area contributed by atoms with Crippen molar-refractivity contribution in [2.45, 2.75) is 0 Å². The van der Waals surface area contributed by atoms with E-state index in [0.29, 0.717) is 6.07 Å². The van der Waals surface area contributed by atoms with Crippen molar-refractivity contribution >= 4 is 33.2 Å². The van der Waals surface area contributed by atoms with E-state index in [9.17, 15) is 13.6 Å². The number of nitrogen functional groups attached to an aromatic ring is 1. The smallest absolute Gasteiger partial charge is 0.257 e. The van der Waals surface area contributed by atoms with Crippen LogP contribution in [0.2, 0.25) is 0 Å². The van der Waals surface area contributed by atoms with Crippen molar-refractivity contribution in [2.24, 2.45) is 0 Å². The third-order valence-electron chi connectivity index (χ3n) is 2.35. The Balaban J connectivity index is 2.30. The number of aromatic nitrogens is 1. The summed E-state index contributed by atoms with van der Waals surface area (Å²) >= 11 is 2.91. The Morgan fingerprint density at radius 1 is 1.32 bits per heavy atom. The molecule has 19 heavy (non-hydrogen) atoms. The van der Waals surface area contributed by atoms with E-state index in [1.807, 2.05) is 0 Å². The van der Waals surface area contributed by atoms with Crippen LogP contribution in [-0.4, -0.2) is 10.9 Å². The van der Waals surface area contributed by atoms with Crippen LogP contribution in [0.15, 0.2) is 35.1 Å². The first kappa shape index (κ1) is 13.4. The summed E-state index contributed by atoms with van der Waals surface area (Å²) < 4.78 is 26.6. The molecule has 1 aromatic carbocycles. The third-order valence-corrected chi connectivity index (χ3v) is 2.96. The number of halogens is 3. The zero-order valence-corrected chi connectivity index (χ0v) is 11.0. The molecule has 0 unspecified atom stereocenters. The number of hydrogen-bond donors (Lipinski definition) is 2. The highest BCUT2D eigenvalue weighted by atomic mass is 79.9. The zero-order valence-electron chi connectivity index (χ0n) is 9.45. The average molecular weight is 328 g/mol. The molecule has 3 N–H and O–H groups in total. The molecule has 0 fully saturated rings. The minimum absolute atomic E-state index is 0.0481. The van der Waals surface area contributed by atoms with E-state index in [4.69, 9.17) is 5.73 Å². The van der Waals surface area contributed by atoms with Crippen LogP contribution in [0.1, 0.15) is 10.4 Å². The number of benzene rings is 1. The number of pyridine rings is 1. The molecule has 1 amide bonds. The van der Waals surface area contributed by atoms with Crippen molar-refractivity contribution in [3.63, 3.8) is 0 Å². The number of anilines is 2. The summed E-state index contributed by atoms with van der Waals surface area (Å²) in [6.45, 7) is 0. The van der Waals surface area contributed by atoms with Gasteiger partial charge in [-0.2, -0.15) is 0 Å². The number of amides is 1. The van der Waals surface area contributed by atoms with Crippen LogP contribution in [0.25, 0.3) is 0 Å². The molecule has 0 spiro atoms. The lowest BCUT2D eigenvalue weighted by Crippen LogP contribution is -2.15. The van der Waals surface area contributed by atoms with Gasteiger partial charge in [-0.1, -0.05) is 0 Å². The van der Waals surface area contributed by atoms with Gasteiger partial charge in [0.25, 0.3) is 5.91 Å². The summed E-state index contributed by atoms with van der Waals surface area (Å²) in [5.74, 6) is -2.22. The summed E-state index contributed by atoms with van der Waals surface area (Å²) in [7, 11) is 0. The van der Waals surface area contributed by atoms with E-state index in [0.717, 1.165) is 6.07 Å². The molecule has 0 aliphatic carbocycles. The molecule has 0 radical (unpaired) electrons.